The zero-order chi connectivity index (χ0) is 13.8. The fourth-order valence-electron chi connectivity index (χ4n) is 1.79. The molecular weight excluding hydrogens is 272 g/mol. The molecule has 0 heterocycles. The van der Waals surface area contributed by atoms with Gasteiger partial charge in [0.15, 0.2) is 0 Å². The second kappa shape index (κ2) is 5.99. The van der Waals surface area contributed by atoms with Gasteiger partial charge in [0.2, 0.25) is 0 Å². The molecule has 2 aromatic rings. The van der Waals surface area contributed by atoms with Crippen LogP contribution in [-0.4, -0.2) is 11.7 Å². The van der Waals surface area contributed by atoms with E-state index in [2.05, 4.69) is 5.32 Å². The van der Waals surface area contributed by atoms with Gasteiger partial charge in [0, 0.05) is 16.8 Å². The number of anilines is 1. The Bertz CT molecular complexity index is 557. The summed E-state index contributed by atoms with van der Waals surface area (Å²) in [6, 6.07) is 9.42. The van der Waals surface area contributed by atoms with Crippen molar-refractivity contribution < 1.29 is 13.9 Å². The summed E-state index contributed by atoms with van der Waals surface area (Å²) < 4.78 is 26.3. The molecule has 5 heteroatoms. The summed E-state index contributed by atoms with van der Waals surface area (Å²) in [4.78, 5) is 0. The van der Waals surface area contributed by atoms with Gasteiger partial charge in [0.1, 0.15) is 11.6 Å². The topological polar surface area (TPSA) is 32.3 Å². The van der Waals surface area contributed by atoms with Gasteiger partial charge in [-0.3, -0.25) is 0 Å². The van der Waals surface area contributed by atoms with E-state index in [-0.39, 0.29) is 6.61 Å². The quantitative estimate of drug-likeness (QED) is 0.895. The normalized spacial score (nSPS) is 12.2. The van der Waals surface area contributed by atoms with E-state index in [9.17, 15) is 13.9 Å². The Kier molecular flexibility index (Phi) is 4.35. The smallest absolute Gasteiger partial charge is 0.126 e. The molecule has 19 heavy (non-hydrogen) atoms. The number of halogens is 3. The predicted octanol–water partition coefficient (Wildman–Crippen LogP) is 3.76. The number of hydrogen-bond acceptors (Lipinski definition) is 2. The van der Waals surface area contributed by atoms with Gasteiger partial charge in [-0.25, -0.2) is 8.78 Å². The van der Waals surface area contributed by atoms with E-state index >= 15 is 0 Å². The summed E-state index contributed by atoms with van der Waals surface area (Å²) in [6.45, 7) is -0.296. The van der Waals surface area contributed by atoms with Crippen molar-refractivity contribution in [3.8, 4) is 0 Å². The minimum atomic E-state index is -0.679. The van der Waals surface area contributed by atoms with Crippen LogP contribution in [0.5, 0.6) is 0 Å². The number of hydrogen-bond donors (Lipinski definition) is 2. The molecule has 0 radical (unpaired) electrons. The molecule has 0 spiro atoms. The molecule has 2 aromatic carbocycles. The highest BCUT2D eigenvalue weighted by molar-refractivity contribution is 6.30. The van der Waals surface area contributed by atoms with Crippen molar-refractivity contribution in [3.05, 3.63) is 64.7 Å². The lowest BCUT2D eigenvalue weighted by Crippen LogP contribution is -2.15. The van der Waals surface area contributed by atoms with Crippen molar-refractivity contribution in [2.24, 2.45) is 0 Å². The molecule has 0 bridgehead atoms. The van der Waals surface area contributed by atoms with E-state index < -0.39 is 17.7 Å². The highest BCUT2D eigenvalue weighted by atomic mass is 35.5. The molecule has 0 aliphatic carbocycles. The van der Waals surface area contributed by atoms with Crippen molar-refractivity contribution in [2.45, 2.75) is 6.04 Å². The molecule has 0 saturated carbocycles. The third-order valence-electron chi connectivity index (χ3n) is 2.64. The van der Waals surface area contributed by atoms with Crippen LogP contribution in [0.2, 0.25) is 5.02 Å². The minimum absolute atomic E-state index is 0.296. The maximum absolute atomic E-state index is 13.2. The van der Waals surface area contributed by atoms with Gasteiger partial charge in [0.25, 0.3) is 0 Å². The summed E-state index contributed by atoms with van der Waals surface area (Å²) in [5.41, 5.74) is 0.996. The van der Waals surface area contributed by atoms with Gasteiger partial charge in [-0.2, -0.15) is 0 Å². The Labute approximate surface area is 114 Å². The number of aliphatic hydroxyl groups is 1. The first kappa shape index (κ1) is 13.8. The average molecular weight is 284 g/mol. The lowest BCUT2D eigenvalue weighted by atomic mass is 10.1. The molecule has 1 atom stereocenters. The molecule has 0 fully saturated rings. The van der Waals surface area contributed by atoms with Crippen molar-refractivity contribution in [1.82, 2.24) is 0 Å². The van der Waals surface area contributed by atoms with E-state index in [1.54, 1.807) is 24.3 Å². The van der Waals surface area contributed by atoms with E-state index in [4.69, 9.17) is 11.6 Å². The Balaban J connectivity index is 2.24. The Morgan fingerprint density at radius 1 is 1.11 bits per heavy atom. The molecule has 1 unspecified atom stereocenters. The van der Waals surface area contributed by atoms with Gasteiger partial charge in [-0.05, 0) is 35.9 Å². The molecule has 0 amide bonds. The Hall–Kier alpha value is -1.65. The van der Waals surface area contributed by atoms with Crippen LogP contribution < -0.4 is 5.32 Å². The zero-order valence-electron chi connectivity index (χ0n) is 9.91. The Morgan fingerprint density at radius 2 is 1.79 bits per heavy atom. The van der Waals surface area contributed by atoms with Crippen molar-refractivity contribution in [3.63, 3.8) is 0 Å². The summed E-state index contributed by atoms with van der Waals surface area (Å²) in [7, 11) is 0. The third kappa shape index (κ3) is 3.66. The number of rotatable bonds is 4. The van der Waals surface area contributed by atoms with Crippen LogP contribution >= 0.6 is 11.6 Å². The van der Waals surface area contributed by atoms with Gasteiger partial charge in [-0.15, -0.1) is 0 Å². The lowest BCUT2D eigenvalue weighted by Gasteiger charge is -2.18. The van der Waals surface area contributed by atoms with Crippen LogP contribution in [0.15, 0.2) is 42.5 Å². The molecule has 0 aliphatic heterocycles. The molecule has 2 rings (SSSR count). The fraction of sp³-hybridized carbons (Fsp3) is 0.143. The lowest BCUT2D eigenvalue weighted by molar-refractivity contribution is 0.276. The molecule has 0 aromatic heterocycles. The number of benzene rings is 2. The first-order chi connectivity index (χ1) is 9.08. The summed E-state index contributed by atoms with van der Waals surface area (Å²) in [5, 5.41) is 12.9. The molecule has 0 saturated heterocycles. The van der Waals surface area contributed by atoms with Gasteiger partial charge in [-0.1, -0.05) is 17.7 Å². The number of nitrogens with one attached hydrogen (secondary N) is 1. The first-order valence-corrected chi connectivity index (χ1v) is 6.05. The van der Waals surface area contributed by atoms with E-state index in [1.165, 1.54) is 12.1 Å². The monoisotopic (exact) mass is 283 g/mol. The zero-order valence-corrected chi connectivity index (χ0v) is 10.7. The highest BCUT2D eigenvalue weighted by Gasteiger charge is 2.13. The van der Waals surface area contributed by atoms with E-state index in [1.807, 2.05) is 0 Å². The minimum Gasteiger partial charge on any atom is -0.394 e. The van der Waals surface area contributed by atoms with Crippen molar-refractivity contribution >= 4 is 17.3 Å². The Morgan fingerprint density at radius 3 is 2.37 bits per heavy atom. The van der Waals surface area contributed by atoms with E-state index in [0.29, 0.717) is 16.3 Å². The summed E-state index contributed by atoms with van der Waals surface area (Å²) >= 11 is 5.85. The van der Waals surface area contributed by atoms with E-state index in [0.717, 1.165) is 6.07 Å². The summed E-state index contributed by atoms with van der Waals surface area (Å²) in [5.74, 6) is -1.36. The second-order valence-corrected chi connectivity index (χ2v) is 4.53. The van der Waals surface area contributed by atoms with Crippen molar-refractivity contribution in [2.75, 3.05) is 11.9 Å². The first-order valence-electron chi connectivity index (χ1n) is 5.67. The maximum Gasteiger partial charge on any atom is 0.126 e. The SMILES string of the molecule is OCC(Nc1cccc(Cl)c1)c1cc(F)cc(F)c1. The van der Waals surface area contributed by atoms with Crippen LogP contribution in [0, 0.1) is 11.6 Å². The van der Waals surface area contributed by atoms with Crippen molar-refractivity contribution in [1.29, 1.82) is 0 Å². The molecule has 2 N–H and O–H groups in total. The second-order valence-electron chi connectivity index (χ2n) is 4.09. The van der Waals surface area contributed by atoms with Crippen LogP contribution in [0.3, 0.4) is 0 Å². The molecule has 100 valence electrons. The molecule has 0 aliphatic rings. The largest absolute Gasteiger partial charge is 0.394 e. The van der Waals surface area contributed by atoms with Gasteiger partial charge < -0.3 is 10.4 Å². The van der Waals surface area contributed by atoms with Crippen LogP contribution in [0.4, 0.5) is 14.5 Å². The maximum atomic E-state index is 13.2. The standard InChI is InChI=1S/C14H12ClF2NO/c15-10-2-1-3-13(6-10)18-14(8-19)9-4-11(16)7-12(17)5-9/h1-7,14,18-19H,8H2. The molecular formula is C14H12ClF2NO. The van der Waals surface area contributed by atoms with Crippen LogP contribution in [0.25, 0.3) is 0 Å². The number of aliphatic hydroxyl groups excluding tert-OH is 1. The van der Waals surface area contributed by atoms with Gasteiger partial charge >= 0.3 is 0 Å². The van der Waals surface area contributed by atoms with Crippen LogP contribution in [0.1, 0.15) is 11.6 Å². The molecule has 2 nitrogen and oxygen atoms in total. The summed E-state index contributed by atoms with van der Waals surface area (Å²) in [6.07, 6.45) is 0. The van der Waals surface area contributed by atoms with Crippen LogP contribution in [-0.2, 0) is 0 Å². The highest BCUT2D eigenvalue weighted by Crippen LogP contribution is 2.23. The average Bonchev–Trinajstić information content (AvgIpc) is 2.34. The third-order valence-corrected chi connectivity index (χ3v) is 2.87. The fourth-order valence-corrected chi connectivity index (χ4v) is 1.98. The van der Waals surface area contributed by atoms with Gasteiger partial charge in [0.05, 0.1) is 12.6 Å². The predicted molar refractivity (Wildman–Crippen MR) is 71.3 cm³/mol.